The summed E-state index contributed by atoms with van der Waals surface area (Å²) >= 11 is 11.6. The van der Waals surface area contributed by atoms with Crippen molar-refractivity contribution in [2.24, 2.45) is 5.92 Å². The highest BCUT2D eigenvalue weighted by atomic mass is 35.5. The van der Waals surface area contributed by atoms with Crippen LogP contribution in [0.4, 0.5) is 0 Å². The SMILES string of the molecule is N#C[C@H]1[C@H](c2ccc(Cl)cc2)[C@@H]1S(=O)(=O)c1ccc(Cl)cc1. The van der Waals surface area contributed by atoms with Crippen molar-refractivity contribution in [1.29, 1.82) is 5.26 Å². The molecule has 0 aliphatic heterocycles. The minimum absolute atomic E-state index is 0.193. The summed E-state index contributed by atoms with van der Waals surface area (Å²) in [6.45, 7) is 0. The van der Waals surface area contributed by atoms with Gasteiger partial charge >= 0.3 is 0 Å². The first-order chi connectivity index (χ1) is 10.4. The summed E-state index contributed by atoms with van der Waals surface area (Å²) < 4.78 is 25.4. The van der Waals surface area contributed by atoms with E-state index in [1.165, 1.54) is 24.3 Å². The summed E-state index contributed by atoms with van der Waals surface area (Å²) in [5.74, 6) is -0.857. The average Bonchev–Trinajstić information content (AvgIpc) is 3.24. The number of sulfone groups is 1. The zero-order valence-electron chi connectivity index (χ0n) is 11.3. The molecular formula is C16H11Cl2NO2S. The Hall–Kier alpha value is -1.54. The first-order valence-electron chi connectivity index (χ1n) is 6.59. The Morgan fingerprint density at radius 2 is 1.41 bits per heavy atom. The fourth-order valence-corrected chi connectivity index (χ4v) is 5.01. The zero-order valence-corrected chi connectivity index (χ0v) is 13.6. The van der Waals surface area contributed by atoms with Crippen molar-refractivity contribution in [1.82, 2.24) is 0 Å². The monoisotopic (exact) mass is 351 g/mol. The van der Waals surface area contributed by atoms with Gasteiger partial charge in [-0.25, -0.2) is 8.42 Å². The lowest BCUT2D eigenvalue weighted by Crippen LogP contribution is -2.10. The van der Waals surface area contributed by atoms with E-state index in [4.69, 9.17) is 23.2 Å². The lowest BCUT2D eigenvalue weighted by Gasteiger charge is -2.04. The zero-order chi connectivity index (χ0) is 15.9. The first-order valence-corrected chi connectivity index (χ1v) is 8.90. The van der Waals surface area contributed by atoms with Crippen LogP contribution in [0.5, 0.6) is 0 Å². The van der Waals surface area contributed by atoms with Gasteiger partial charge in [-0.2, -0.15) is 5.26 Å². The third-order valence-corrected chi connectivity index (χ3v) is 6.59. The van der Waals surface area contributed by atoms with Gasteiger partial charge in [-0.3, -0.25) is 0 Å². The van der Waals surface area contributed by atoms with Gasteiger partial charge < -0.3 is 0 Å². The van der Waals surface area contributed by atoms with Gasteiger partial charge in [0.2, 0.25) is 0 Å². The van der Waals surface area contributed by atoms with Crippen molar-refractivity contribution in [3.05, 3.63) is 64.1 Å². The van der Waals surface area contributed by atoms with E-state index < -0.39 is 21.0 Å². The number of halogens is 2. The maximum absolute atomic E-state index is 12.7. The molecule has 0 radical (unpaired) electrons. The fraction of sp³-hybridized carbons (Fsp3) is 0.188. The first kappa shape index (κ1) is 15.4. The van der Waals surface area contributed by atoms with Gasteiger partial charge in [-0.05, 0) is 42.0 Å². The lowest BCUT2D eigenvalue weighted by molar-refractivity contribution is 0.593. The van der Waals surface area contributed by atoms with Gasteiger partial charge in [0, 0.05) is 16.0 Å². The fourth-order valence-electron chi connectivity index (χ4n) is 2.69. The second kappa shape index (κ2) is 5.58. The Kier molecular flexibility index (Phi) is 3.90. The summed E-state index contributed by atoms with van der Waals surface area (Å²) in [5, 5.41) is 9.58. The van der Waals surface area contributed by atoms with Crippen molar-refractivity contribution in [2.45, 2.75) is 16.1 Å². The van der Waals surface area contributed by atoms with Crippen LogP contribution in [0.25, 0.3) is 0 Å². The molecular weight excluding hydrogens is 341 g/mol. The average molecular weight is 352 g/mol. The minimum Gasteiger partial charge on any atom is -0.223 e. The molecule has 3 rings (SSSR count). The van der Waals surface area contributed by atoms with Crippen LogP contribution < -0.4 is 0 Å². The van der Waals surface area contributed by atoms with Crippen molar-refractivity contribution in [2.75, 3.05) is 0 Å². The van der Waals surface area contributed by atoms with E-state index in [0.717, 1.165) is 5.56 Å². The number of hydrogen-bond acceptors (Lipinski definition) is 3. The highest BCUT2D eigenvalue weighted by Gasteiger charge is 2.59. The molecule has 1 saturated carbocycles. The van der Waals surface area contributed by atoms with E-state index in [-0.39, 0.29) is 10.8 Å². The molecule has 22 heavy (non-hydrogen) atoms. The van der Waals surface area contributed by atoms with E-state index >= 15 is 0 Å². The standard InChI is InChI=1S/C16H11Cl2NO2S/c17-11-3-1-10(2-4-11)15-14(9-19)16(15)22(20,21)13-7-5-12(18)6-8-13/h1-8,14-16H/t14-,15-,16+/m0/s1. The Bertz CT molecular complexity index is 839. The van der Waals surface area contributed by atoms with Crippen LogP contribution in [-0.2, 0) is 9.84 Å². The summed E-state index contributed by atoms with van der Waals surface area (Å²) in [6, 6.07) is 15.1. The van der Waals surface area contributed by atoms with Crippen molar-refractivity contribution in [3.63, 3.8) is 0 Å². The number of rotatable bonds is 3. The highest BCUT2D eigenvalue weighted by Crippen LogP contribution is 2.53. The van der Waals surface area contributed by atoms with Gasteiger partial charge in [-0.1, -0.05) is 35.3 Å². The summed E-state index contributed by atoms with van der Waals surface area (Å²) in [6.07, 6.45) is 0. The molecule has 3 nitrogen and oxygen atoms in total. The molecule has 1 fully saturated rings. The molecule has 0 aromatic heterocycles. The van der Waals surface area contributed by atoms with Crippen LogP contribution in [0.15, 0.2) is 53.4 Å². The summed E-state index contributed by atoms with van der Waals surface area (Å²) in [7, 11) is -3.57. The molecule has 0 bridgehead atoms. The van der Waals surface area contributed by atoms with E-state index in [1.807, 2.05) is 0 Å². The van der Waals surface area contributed by atoms with Gasteiger partial charge in [-0.15, -0.1) is 0 Å². The normalized spacial score (nSPS) is 23.8. The molecule has 0 amide bonds. The Morgan fingerprint density at radius 1 is 0.909 bits per heavy atom. The third kappa shape index (κ3) is 2.61. The Balaban J connectivity index is 1.95. The van der Waals surface area contributed by atoms with E-state index in [2.05, 4.69) is 6.07 Å². The predicted molar refractivity (Wildman–Crippen MR) is 85.7 cm³/mol. The van der Waals surface area contributed by atoms with Crippen LogP contribution in [0.1, 0.15) is 11.5 Å². The molecule has 0 N–H and O–H groups in total. The maximum Gasteiger partial charge on any atom is 0.183 e. The van der Waals surface area contributed by atoms with Crippen LogP contribution >= 0.6 is 23.2 Å². The number of nitrogens with zero attached hydrogens (tertiary/aromatic N) is 1. The topological polar surface area (TPSA) is 57.9 Å². The molecule has 3 atom stereocenters. The third-order valence-electron chi connectivity index (χ3n) is 3.86. The van der Waals surface area contributed by atoms with E-state index in [1.54, 1.807) is 24.3 Å². The molecule has 0 saturated heterocycles. The molecule has 2 aromatic carbocycles. The quantitative estimate of drug-likeness (QED) is 0.837. The molecule has 2 aromatic rings. The number of benzene rings is 2. The smallest absolute Gasteiger partial charge is 0.183 e. The van der Waals surface area contributed by atoms with Crippen molar-refractivity contribution in [3.8, 4) is 6.07 Å². The van der Waals surface area contributed by atoms with Gasteiger partial charge in [0.25, 0.3) is 0 Å². The molecule has 0 spiro atoms. The lowest BCUT2D eigenvalue weighted by atomic mass is 10.1. The van der Waals surface area contributed by atoms with Crippen molar-refractivity contribution < 1.29 is 8.42 Å². The van der Waals surface area contributed by atoms with Crippen LogP contribution in [0.2, 0.25) is 10.0 Å². The van der Waals surface area contributed by atoms with Crippen LogP contribution in [0, 0.1) is 17.2 Å². The largest absolute Gasteiger partial charge is 0.223 e. The second-order valence-corrected chi connectivity index (χ2v) is 8.17. The predicted octanol–water partition coefficient (Wildman–Crippen LogP) is 4.07. The molecule has 0 unspecified atom stereocenters. The van der Waals surface area contributed by atoms with Gasteiger partial charge in [0.1, 0.15) is 0 Å². The maximum atomic E-state index is 12.7. The molecule has 0 heterocycles. The summed E-state index contributed by atoms with van der Waals surface area (Å²) in [5.41, 5.74) is 0.818. The van der Waals surface area contributed by atoms with Crippen LogP contribution in [-0.4, -0.2) is 13.7 Å². The van der Waals surface area contributed by atoms with Crippen LogP contribution in [0.3, 0.4) is 0 Å². The molecule has 112 valence electrons. The highest BCUT2D eigenvalue weighted by molar-refractivity contribution is 7.92. The minimum atomic E-state index is -3.57. The van der Waals surface area contributed by atoms with Gasteiger partial charge in [0.15, 0.2) is 9.84 Å². The summed E-state index contributed by atoms with van der Waals surface area (Å²) in [4.78, 5) is 0.193. The number of hydrogen-bond donors (Lipinski definition) is 0. The molecule has 6 heteroatoms. The van der Waals surface area contributed by atoms with Crippen molar-refractivity contribution >= 4 is 33.0 Å². The molecule has 1 aliphatic rings. The number of nitriles is 1. The Morgan fingerprint density at radius 3 is 1.91 bits per heavy atom. The second-order valence-electron chi connectivity index (χ2n) is 5.20. The van der Waals surface area contributed by atoms with E-state index in [9.17, 15) is 13.7 Å². The van der Waals surface area contributed by atoms with Gasteiger partial charge in [0.05, 0.1) is 22.1 Å². The molecule has 1 aliphatic carbocycles. The Labute approximate surface area is 139 Å². The van der Waals surface area contributed by atoms with E-state index in [0.29, 0.717) is 10.0 Å².